The van der Waals surface area contributed by atoms with Gasteiger partial charge in [-0.15, -0.1) is 0 Å². The maximum Gasteiger partial charge on any atom is 0.248 e. The van der Waals surface area contributed by atoms with Gasteiger partial charge in [-0.3, -0.25) is 5.32 Å². The van der Waals surface area contributed by atoms with Crippen molar-refractivity contribution < 1.29 is 13.5 Å². The van der Waals surface area contributed by atoms with Crippen molar-refractivity contribution in [3.05, 3.63) is 0 Å². The maximum atomic E-state index is 13.1. The molecule has 0 aromatic rings. The minimum absolute atomic E-state index is 0.0667. The highest BCUT2D eigenvalue weighted by atomic mass is 19.3. The number of hydrogen-bond acceptors (Lipinski definition) is 2. The Morgan fingerprint density at radius 3 is 2.19 bits per heavy atom. The lowest BCUT2D eigenvalue weighted by atomic mass is 9.84. The molecule has 2 rings (SSSR count). The summed E-state index contributed by atoms with van der Waals surface area (Å²) in [5.41, 5.74) is -0.722. The van der Waals surface area contributed by atoms with Gasteiger partial charge in [-0.25, -0.2) is 8.78 Å². The summed E-state index contributed by atoms with van der Waals surface area (Å²) in [6.45, 7) is 6.18. The molecule has 1 aliphatic heterocycles. The molecule has 1 saturated carbocycles. The molecule has 1 heterocycles. The number of hydrogen-bond donors (Lipinski definition) is 1. The van der Waals surface area contributed by atoms with Crippen molar-refractivity contribution in [1.82, 2.24) is 5.32 Å². The molecular weight excluding hydrogens is 212 g/mol. The van der Waals surface area contributed by atoms with Gasteiger partial charge in [-0.2, -0.15) is 0 Å². The molecular formula is C12H21F2NO. The Labute approximate surface area is 95.7 Å². The first-order valence-electron chi connectivity index (χ1n) is 6.08. The van der Waals surface area contributed by atoms with Crippen LogP contribution < -0.4 is 5.32 Å². The van der Waals surface area contributed by atoms with Crippen molar-refractivity contribution in [2.24, 2.45) is 0 Å². The summed E-state index contributed by atoms with van der Waals surface area (Å²) in [4.78, 5) is 0. The van der Waals surface area contributed by atoms with Gasteiger partial charge in [0.1, 0.15) is 5.72 Å². The summed E-state index contributed by atoms with van der Waals surface area (Å²) >= 11 is 0. The first-order valence-corrected chi connectivity index (χ1v) is 6.08. The summed E-state index contributed by atoms with van der Waals surface area (Å²) in [6.07, 6.45) is 1.61. The van der Waals surface area contributed by atoms with Crippen LogP contribution in [-0.4, -0.2) is 23.3 Å². The lowest BCUT2D eigenvalue weighted by Gasteiger charge is -2.51. The summed E-state index contributed by atoms with van der Waals surface area (Å²) in [6, 6.07) is 0.329. The fraction of sp³-hybridized carbons (Fsp3) is 1.00. The second kappa shape index (κ2) is 3.64. The number of alkyl halides is 2. The van der Waals surface area contributed by atoms with E-state index >= 15 is 0 Å². The van der Waals surface area contributed by atoms with Crippen molar-refractivity contribution in [1.29, 1.82) is 0 Å². The molecule has 0 aromatic heterocycles. The standard InChI is InChI=1S/C12H21F2NO/c1-9-8-10(2,3)16-12(15-9)6-4-11(13,14)5-7-12/h9,15H,4-8H2,1-3H3. The van der Waals surface area contributed by atoms with E-state index in [-0.39, 0.29) is 18.4 Å². The van der Waals surface area contributed by atoms with Gasteiger partial charge in [-0.05, 0) is 40.0 Å². The minimum atomic E-state index is -2.50. The van der Waals surface area contributed by atoms with Crippen LogP contribution in [0.1, 0.15) is 52.9 Å². The number of halogens is 2. The molecule has 4 heteroatoms. The third-order valence-corrected chi connectivity index (χ3v) is 3.57. The van der Waals surface area contributed by atoms with Crippen LogP contribution in [-0.2, 0) is 4.74 Å². The molecule has 2 fully saturated rings. The van der Waals surface area contributed by atoms with Gasteiger partial charge < -0.3 is 4.74 Å². The molecule has 1 aliphatic carbocycles. The Morgan fingerprint density at radius 2 is 1.69 bits per heavy atom. The van der Waals surface area contributed by atoms with Crippen molar-refractivity contribution in [2.75, 3.05) is 0 Å². The Bertz CT molecular complexity index is 268. The summed E-state index contributed by atoms with van der Waals surface area (Å²) in [7, 11) is 0. The van der Waals surface area contributed by atoms with E-state index in [0.29, 0.717) is 18.9 Å². The van der Waals surface area contributed by atoms with E-state index in [0.717, 1.165) is 6.42 Å². The Hall–Kier alpha value is -0.220. The number of rotatable bonds is 0. The highest BCUT2D eigenvalue weighted by Crippen LogP contribution is 2.43. The van der Waals surface area contributed by atoms with Crippen LogP contribution in [0, 0.1) is 0 Å². The quantitative estimate of drug-likeness (QED) is 0.694. The van der Waals surface area contributed by atoms with Crippen molar-refractivity contribution in [3.63, 3.8) is 0 Å². The number of nitrogens with one attached hydrogen (secondary N) is 1. The van der Waals surface area contributed by atoms with E-state index in [1.165, 1.54) is 0 Å². The molecule has 2 nitrogen and oxygen atoms in total. The summed E-state index contributed by atoms with van der Waals surface area (Å²) in [5.74, 6) is -2.50. The Morgan fingerprint density at radius 1 is 1.12 bits per heavy atom. The SMILES string of the molecule is CC1CC(C)(C)OC2(CCC(F)(F)CC2)N1. The third kappa shape index (κ3) is 2.54. The fourth-order valence-corrected chi connectivity index (χ4v) is 3.10. The molecule has 0 aromatic carbocycles. The van der Waals surface area contributed by atoms with Gasteiger partial charge in [-0.1, -0.05) is 0 Å². The lowest BCUT2D eigenvalue weighted by Crippen LogP contribution is -2.63. The third-order valence-electron chi connectivity index (χ3n) is 3.57. The van der Waals surface area contributed by atoms with E-state index < -0.39 is 11.6 Å². The van der Waals surface area contributed by atoms with Crippen molar-refractivity contribution >= 4 is 0 Å². The average molecular weight is 233 g/mol. The van der Waals surface area contributed by atoms with E-state index in [4.69, 9.17) is 4.74 Å². The summed E-state index contributed by atoms with van der Waals surface area (Å²) in [5, 5.41) is 3.37. The van der Waals surface area contributed by atoms with Gasteiger partial charge >= 0.3 is 0 Å². The van der Waals surface area contributed by atoms with Crippen LogP contribution in [0.4, 0.5) is 8.78 Å². The molecule has 94 valence electrons. The van der Waals surface area contributed by atoms with E-state index in [1.54, 1.807) is 0 Å². The van der Waals surface area contributed by atoms with E-state index in [1.807, 2.05) is 13.8 Å². The zero-order chi connectivity index (χ0) is 12.0. The molecule has 1 atom stereocenters. The molecule has 1 unspecified atom stereocenters. The number of ether oxygens (including phenoxy) is 1. The Kier molecular flexibility index (Phi) is 2.78. The lowest BCUT2D eigenvalue weighted by molar-refractivity contribution is -0.229. The van der Waals surface area contributed by atoms with Crippen LogP contribution >= 0.6 is 0 Å². The average Bonchev–Trinajstić information content (AvgIpc) is 2.08. The first-order chi connectivity index (χ1) is 7.22. The predicted octanol–water partition coefficient (Wildman–Crippen LogP) is 3.07. The molecule has 1 N–H and O–H groups in total. The smallest absolute Gasteiger partial charge is 0.248 e. The highest BCUT2D eigenvalue weighted by Gasteiger charge is 2.49. The molecule has 0 radical (unpaired) electrons. The molecule has 0 bridgehead atoms. The molecule has 0 amide bonds. The normalized spacial score (nSPS) is 36.2. The van der Waals surface area contributed by atoms with Crippen LogP contribution in [0.25, 0.3) is 0 Å². The van der Waals surface area contributed by atoms with E-state index in [9.17, 15) is 8.78 Å². The van der Waals surface area contributed by atoms with Crippen molar-refractivity contribution in [3.8, 4) is 0 Å². The second-order valence-corrected chi connectivity index (χ2v) is 5.96. The minimum Gasteiger partial charge on any atom is -0.355 e. The topological polar surface area (TPSA) is 21.3 Å². The zero-order valence-corrected chi connectivity index (χ0v) is 10.3. The maximum absolute atomic E-state index is 13.1. The molecule has 2 aliphatic rings. The molecule has 1 spiro atoms. The largest absolute Gasteiger partial charge is 0.355 e. The van der Waals surface area contributed by atoms with Gasteiger partial charge in [0.2, 0.25) is 5.92 Å². The predicted molar refractivity (Wildman–Crippen MR) is 58.5 cm³/mol. The van der Waals surface area contributed by atoms with Crippen LogP contribution in [0.15, 0.2) is 0 Å². The highest BCUT2D eigenvalue weighted by molar-refractivity contribution is 4.96. The fourth-order valence-electron chi connectivity index (χ4n) is 3.10. The Balaban J connectivity index is 2.08. The summed E-state index contributed by atoms with van der Waals surface area (Å²) < 4.78 is 32.3. The van der Waals surface area contributed by atoms with Crippen molar-refractivity contribution in [2.45, 2.75) is 76.2 Å². The molecule has 16 heavy (non-hydrogen) atoms. The monoisotopic (exact) mass is 233 g/mol. The first kappa shape index (κ1) is 12.2. The van der Waals surface area contributed by atoms with Crippen LogP contribution in [0.5, 0.6) is 0 Å². The van der Waals surface area contributed by atoms with Crippen LogP contribution in [0.3, 0.4) is 0 Å². The second-order valence-electron chi connectivity index (χ2n) is 5.96. The molecule has 1 saturated heterocycles. The zero-order valence-electron chi connectivity index (χ0n) is 10.3. The van der Waals surface area contributed by atoms with Gasteiger partial charge in [0.15, 0.2) is 0 Å². The van der Waals surface area contributed by atoms with E-state index in [2.05, 4.69) is 12.2 Å². The van der Waals surface area contributed by atoms with Crippen LogP contribution in [0.2, 0.25) is 0 Å². The van der Waals surface area contributed by atoms with Gasteiger partial charge in [0.05, 0.1) is 5.60 Å². The van der Waals surface area contributed by atoms with Gasteiger partial charge in [0, 0.05) is 18.9 Å². The van der Waals surface area contributed by atoms with Gasteiger partial charge in [0.25, 0.3) is 0 Å².